The summed E-state index contributed by atoms with van der Waals surface area (Å²) in [5.41, 5.74) is 12.4. The number of likely N-dealkylation sites (N-methyl/N-ethyl adjacent to an activating group) is 1. The van der Waals surface area contributed by atoms with Crippen molar-refractivity contribution >= 4 is 39.5 Å². The van der Waals surface area contributed by atoms with E-state index in [1.165, 1.54) is 32.0 Å². The zero-order chi connectivity index (χ0) is 29.0. The van der Waals surface area contributed by atoms with E-state index >= 15 is 0 Å². The average Bonchev–Trinajstić information content (AvgIpc) is 3.56. The first-order valence-corrected chi connectivity index (χ1v) is 14.9. The van der Waals surface area contributed by atoms with Crippen molar-refractivity contribution in [2.45, 2.75) is 44.7 Å². The Hall–Kier alpha value is -4.02. The van der Waals surface area contributed by atoms with Gasteiger partial charge in [-0.15, -0.1) is 0 Å². The van der Waals surface area contributed by atoms with Gasteiger partial charge in [-0.1, -0.05) is 18.2 Å². The zero-order valence-electron chi connectivity index (χ0n) is 24.5. The van der Waals surface area contributed by atoms with E-state index in [0.717, 1.165) is 59.3 Å². The second kappa shape index (κ2) is 10.7. The van der Waals surface area contributed by atoms with Gasteiger partial charge in [0.1, 0.15) is 29.1 Å². The monoisotopic (exact) mass is 567 g/mol. The third-order valence-electron chi connectivity index (χ3n) is 9.38. The molecule has 42 heavy (non-hydrogen) atoms. The molecule has 0 spiro atoms. The van der Waals surface area contributed by atoms with Crippen LogP contribution in [-0.4, -0.2) is 73.2 Å². The standard InChI is InChI=1S/C32H38FN9/c1-20-4-13-26(33)29-28(20)38-32(40(29)3)37-22-7-5-21(6-8-22)25-18-42(31-27(25)30(34)35-19-36-31)24-11-9-23(10-12-24)41-16-14-39(2)15-17-41/h4-8,13,18-19,23-24H,9-12,14-17H2,1-3H3,(H,37,38)(H2,34,35,36)/t23-,24-. The van der Waals surface area contributed by atoms with Crippen LogP contribution in [0, 0.1) is 12.7 Å². The van der Waals surface area contributed by atoms with E-state index in [4.69, 9.17) is 10.7 Å². The summed E-state index contributed by atoms with van der Waals surface area (Å²) in [7, 11) is 4.04. The number of anilines is 3. The smallest absolute Gasteiger partial charge is 0.208 e. The van der Waals surface area contributed by atoms with Gasteiger partial charge in [0.25, 0.3) is 0 Å². The number of piperazine rings is 1. The molecular formula is C32H38FN9. The Bertz CT molecular complexity index is 1740. The lowest BCUT2D eigenvalue weighted by Gasteiger charge is -2.41. The Kier molecular flexibility index (Phi) is 6.82. The molecule has 1 aliphatic heterocycles. The van der Waals surface area contributed by atoms with Crippen LogP contribution in [0.2, 0.25) is 0 Å². The van der Waals surface area contributed by atoms with Gasteiger partial charge in [0.2, 0.25) is 5.95 Å². The van der Waals surface area contributed by atoms with Crippen molar-refractivity contribution in [2.75, 3.05) is 44.3 Å². The van der Waals surface area contributed by atoms with Crippen LogP contribution in [0.5, 0.6) is 0 Å². The number of rotatable bonds is 5. The summed E-state index contributed by atoms with van der Waals surface area (Å²) in [6.45, 7) is 6.60. The van der Waals surface area contributed by atoms with Crippen molar-refractivity contribution in [3.8, 4) is 11.1 Å². The number of imidazole rings is 1. The molecule has 2 aromatic carbocycles. The number of nitrogens with zero attached hydrogens (tertiary/aromatic N) is 7. The van der Waals surface area contributed by atoms with Crippen LogP contribution < -0.4 is 11.1 Å². The van der Waals surface area contributed by atoms with E-state index in [1.54, 1.807) is 17.0 Å². The van der Waals surface area contributed by atoms with Crippen molar-refractivity contribution in [3.63, 3.8) is 0 Å². The minimum absolute atomic E-state index is 0.280. The quantitative estimate of drug-likeness (QED) is 0.290. The number of halogens is 1. The highest BCUT2D eigenvalue weighted by Gasteiger charge is 2.30. The minimum atomic E-state index is -0.280. The summed E-state index contributed by atoms with van der Waals surface area (Å²) in [5.74, 6) is 0.810. The summed E-state index contributed by atoms with van der Waals surface area (Å²) < 4.78 is 18.6. The lowest BCUT2D eigenvalue weighted by Crippen LogP contribution is -2.49. The summed E-state index contributed by atoms with van der Waals surface area (Å²) >= 11 is 0. The van der Waals surface area contributed by atoms with Gasteiger partial charge in [-0.3, -0.25) is 4.90 Å². The fraction of sp³-hybridized carbons (Fsp3) is 0.406. The van der Waals surface area contributed by atoms with Gasteiger partial charge in [0, 0.05) is 62.8 Å². The van der Waals surface area contributed by atoms with E-state index in [9.17, 15) is 4.39 Å². The van der Waals surface area contributed by atoms with Crippen LogP contribution in [0.4, 0.5) is 21.8 Å². The lowest BCUT2D eigenvalue weighted by molar-refractivity contribution is 0.0828. The first-order valence-electron chi connectivity index (χ1n) is 14.9. The van der Waals surface area contributed by atoms with Crippen molar-refractivity contribution in [1.82, 2.24) is 33.9 Å². The van der Waals surface area contributed by atoms with Gasteiger partial charge in [-0.25, -0.2) is 19.3 Å². The Morgan fingerprint density at radius 3 is 2.33 bits per heavy atom. The number of nitrogens with one attached hydrogen (secondary N) is 1. The molecule has 2 aliphatic rings. The largest absolute Gasteiger partial charge is 0.383 e. The number of aromatic nitrogens is 5. The van der Waals surface area contributed by atoms with Gasteiger partial charge < -0.3 is 25.1 Å². The van der Waals surface area contributed by atoms with Gasteiger partial charge in [-0.05, 0) is 69.0 Å². The summed E-state index contributed by atoms with van der Waals surface area (Å²) in [6, 6.07) is 12.5. The molecule has 0 radical (unpaired) electrons. The van der Waals surface area contributed by atoms with Crippen molar-refractivity contribution in [3.05, 3.63) is 60.3 Å². The molecule has 1 aliphatic carbocycles. The number of nitrogen functional groups attached to an aromatic ring is 1. The molecule has 0 atom stereocenters. The molecule has 3 N–H and O–H groups in total. The Morgan fingerprint density at radius 1 is 0.905 bits per heavy atom. The maximum Gasteiger partial charge on any atom is 0.208 e. The molecule has 0 unspecified atom stereocenters. The van der Waals surface area contributed by atoms with Crippen LogP contribution >= 0.6 is 0 Å². The second-order valence-corrected chi connectivity index (χ2v) is 12.0. The highest BCUT2D eigenvalue weighted by molar-refractivity contribution is 6.00. The third-order valence-corrected chi connectivity index (χ3v) is 9.38. The molecule has 9 nitrogen and oxygen atoms in total. The second-order valence-electron chi connectivity index (χ2n) is 12.0. The van der Waals surface area contributed by atoms with Crippen LogP contribution in [-0.2, 0) is 7.05 Å². The number of nitrogens with two attached hydrogens (primary N) is 1. The maximum atomic E-state index is 14.5. The van der Waals surface area contributed by atoms with Crippen LogP contribution in [0.1, 0.15) is 37.3 Å². The highest BCUT2D eigenvalue weighted by atomic mass is 19.1. The fourth-order valence-corrected chi connectivity index (χ4v) is 6.87. The SMILES string of the molecule is Cc1ccc(F)c2c1nc(Nc1ccc(-c3cn([C@H]4CC[C@H](N5CCN(C)CC5)CC4)c4ncnc(N)c34)cc1)n2C. The fourth-order valence-electron chi connectivity index (χ4n) is 6.87. The van der Waals surface area contributed by atoms with Crippen LogP contribution in [0.15, 0.2) is 48.9 Å². The van der Waals surface area contributed by atoms with E-state index in [-0.39, 0.29) is 5.82 Å². The minimum Gasteiger partial charge on any atom is -0.383 e. The van der Waals surface area contributed by atoms with Gasteiger partial charge >= 0.3 is 0 Å². The van der Waals surface area contributed by atoms with Gasteiger partial charge in [-0.2, -0.15) is 0 Å². The van der Waals surface area contributed by atoms with E-state index in [1.807, 2.05) is 26.1 Å². The Morgan fingerprint density at radius 2 is 1.62 bits per heavy atom. The molecule has 1 saturated carbocycles. The number of benzene rings is 2. The molecule has 4 heterocycles. The molecule has 1 saturated heterocycles. The van der Waals surface area contributed by atoms with E-state index in [0.29, 0.717) is 34.9 Å². The molecule has 2 fully saturated rings. The van der Waals surface area contributed by atoms with E-state index in [2.05, 4.69) is 55.0 Å². The van der Waals surface area contributed by atoms with Gasteiger partial charge in [0.15, 0.2) is 0 Å². The predicted octanol–water partition coefficient (Wildman–Crippen LogP) is 5.49. The molecule has 0 amide bonds. The van der Waals surface area contributed by atoms with Crippen LogP contribution in [0.3, 0.4) is 0 Å². The van der Waals surface area contributed by atoms with Crippen LogP contribution in [0.25, 0.3) is 33.2 Å². The Balaban J connectivity index is 1.14. The molecule has 0 bridgehead atoms. The first kappa shape index (κ1) is 26.9. The molecule has 3 aromatic heterocycles. The first-order chi connectivity index (χ1) is 20.4. The average molecular weight is 568 g/mol. The molecule has 218 valence electrons. The normalized spacial score (nSPS) is 20.5. The summed E-state index contributed by atoms with van der Waals surface area (Å²) in [5, 5.41) is 4.26. The summed E-state index contributed by atoms with van der Waals surface area (Å²) in [4.78, 5) is 18.8. The molecule has 5 aromatic rings. The van der Waals surface area contributed by atoms with Crippen molar-refractivity contribution < 1.29 is 4.39 Å². The molecule has 7 rings (SSSR count). The highest BCUT2D eigenvalue weighted by Crippen LogP contribution is 2.39. The predicted molar refractivity (Wildman–Crippen MR) is 166 cm³/mol. The number of aryl methyl sites for hydroxylation is 2. The van der Waals surface area contributed by atoms with Gasteiger partial charge in [0.05, 0.1) is 10.9 Å². The summed E-state index contributed by atoms with van der Waals surface area (Å²) in [6.07, 6.45) is 8.46. The number of hydrogen-bond donors (Lipinski definition) is 2. The third kappa shape index (κ3) is 4.68. The molecular weight excluding hydrogens is 529 g/mol. The van der Waals surface area contributed by atoms with Crippen molar-refractivity contribution in [1.29, 1.82) is 0 Å². The number of fused-ring (bicyclic) bond motifs is 2. The maximum absolute atomic E-state index is 14.5. The number of hydrogen-bond acceptors (Lipinski definition) is 7. The topological polar surface area (TPSA) is 93.1 Å². The lowest BCUT2D eigenvalue weighted by atomic mass is 9.89. The van der Waals surface area contributed by atoms with Crippen molar-refractivity contribution in [2.24, 2.45) is 7.05 Å². The Labute approximate surface area is 245 Å². The molecule has 10 heteroatoms. The van der Waals surface area contributed by atoms with E-state index < -0.39 is 0 Å². The zero-order valence-corrected chi connectivity index (χ0v) is 24.5.